The van der Waals surface area contributed by atoms with Crippen LogP contribution >= 0.6 is 23.2 Å². The van der Waals surface area contributed by atoms with Crippen molar-refractivity contribution in [1.29, 1.82) is 0 Å². The first-order valence-corrected chi connectivity index (χ1v) is 8.92. The Morgan fingerprint density at radius 1 is 0.955 bits per heavy atom. The fourth-order valence-electron chi connectivity index (χ4n) is 1.92. The highest BCUT2D eigenvalue weighted by atomic mass is 35.5. The minimum absolute atomic E-state index is 0.0357. The number of halogens is 2. The summed E-state index contributed by atoms with van der Waals surface area (Å²) in [7, 11) is -3.71. The van der Waals surface area contributed by atoms with E-state index in [1.165, 1.54) is 0 Å². The summed E-state index contributed by atoms with van der Waals surface area (Å²) in [5.41, 5.74) is 1.28. The van der Waals surface area contributed by atoms with Crippen molar-refractivity contribution in [1.82, 2.24) is 0 Å². The normalized spacial score (nSPS) is 12.2. The molecule has 2 aromatic rings. The van der Waals surface area contributed by atoms with Gasteiger partial charge in [0.15, 0.2) is 0 Å². The van der Waals surface area contributed by atoms with E-state index < -0.39 is 10.0 Å². The lowest BCUT2D eigenvalue weighted by atomic mass is 9.87. The molecule has 0 aliphatic heterocycles. The van der Waals surface area contributed by atoms with E-state index in [0.717, 1.165) is 5.56 Å². The Bertz CT molecular complexity index is 779. The summed E-state index contributed by atoms with van der Waals surface area (Å²) in [5.74, 6) is 0. The van der Waals surface area contributed by atoms with Gasteiger partial charge in [-0.15, -0.1) is 0 Å². The molecular formula is C16H17Cl2NO2S. The van der Waals surface area contributed by atoms with Gasteiger partial charge in [-0.05, 0) is 35.2 Å². The molecular weight excluding hydrogens is 341 g/mol. The molecule has 0 fully saturated rings. The molecule has 0 spiro atoms. The lowest BCUT2D eigenvalue weighted by Crippen LogP contribution is -2.15. The standard InChI is InChI=1S/C16H17Cl2NO2S/c1-16(2,3)11-7-9-12(10-8-11)22(20,21)19-14-6-4-5-13(17)15(14)18/h4-10,19H,1-3H3. The van der Waals surface area contributed by atoms with Crippen LogP contribution in [-0.4, -0.2) is 8.42 Å². The highest BCUT2D eigenvalue weighted by Crippen LogP contribution is 2.31. The molecule has 0 bridgehead atoms. The van der Waals surface area contributed by atoms with Crippen molar-refractivity contribution in [3.63, 3.8) is 0 Å². The molecule has 1 N–H and O–H groups in total. The summed E-state index contributed by atoms with van der Waals surface area (Å²) in [4.78, 5) is 0.177. The molecule has 3 nitrogen and oxygen atoms in total. The van der Waals surface area contributed by atoms with Gasteiger partial charge >= 0.3 is 0 Å². The molecule has 6 heteroatoms. The molecule has 2 rings (SSSR count). The lowest BCUT2D eigenvalue weighted by Gasteiger charge is -2.19. The highest BCUT2D eigenvalue weighted by molar-refractivity contribution is 7.92. The first-order chi connectivity index (χ1) is 10.1. The highest BCUT2D eigenvalue weighted by Gasteiger charge is 2.19. The molecule has 2 aromatic carbocycles. The van der Waals surface area contributed by atoms with Crippen molar-refractivity contribution in [2.75, 3.05) is 4.72 Å². The van der Waals surface area contributed by atoms with Gasteiger partial charge in [-0.1, -0.05) is 62.2 Å². The quantitative estimate of drug-likeness (QED) is 0.831. The second kappa shape index (κ2) is 6.11. The van der Waals surface area contributed by atoms with Crippen LogP contribution in [-0.2, 0) is 15.4 Å². The van der Waals surface area contributed by atoms with Crippen LogP contribution in [0.15, 0.2) is 47.4 Å². The zero-order valence-corrected chi connectivity index (χ0v) is 14.9. The van der Waals surface area contributed by atoms with E-state index in [1.807, 2.05) is 12.1 Å². The molecule has 0 aliphatic carbocycles. The number of rotatable bonds is 3. The molecule has 0 amide bonds. The summed E-state index contributed by atoms with van der Waals surface area (Å²) < 4.78 is 27.3. The van der Waals surface area contributed by atoms with Gasteiger partial charge in [0.25, 0.3) is 10.0 Å². The number of hydrogen-bond donors (Lipinski definition) is 1. The third-order valence-electron chi connectivity index (χ3n) is 3.23. The first-order valence-electron chi connectivity index (χ1n) is 6.68. The van der Waals surface area contributed by atoms with Crippen molar-refractivity contribution in [3.8, 4) is 0 Å². The van der Waals surface area contributed by atoms with Crippen LogP contribution in [0, 0.1) is 0 Å². The number of anilines is 1. The summed E-state index contributed by atoms with van der Waals surface area (Å²) in [6.45, 7) is 6.21. The number of benzene rings is 2. The van der Waals surface area contributed by atoms with Crippen molar-refractivity contribution in [2.24, 2.45) is 0 Å². The topological polar surface area (TPSA) is 46.2 Å². The van der Waals surface area contributed by atoms with E-state index in [1.54, 1.807) is 30.3 Å². The van der Waals surface area contributed by atoms with Gasteiger partial charge in [-0.2, -0.15) is 0 Å². The fourth-order valence-corrected chi connectivity index (χ4v) is 3.40. The molecule has 0 aliphatic rings. The van der Waals surface area contributed by atoms with Crippen LogP contribution in [0.25, 0.3) is 0 Å². The van der Waals surface area contributed by atoms with E-state index in [0.29, 0.717) is 5.02 Å². The van der Waals surface area contributed by atoms with Crippen LogP contribution in [0.4, 0.5) is 5.69 Å². The minimum atomic E-state index is -3.71. The van der Waals surface area contributed by atoms with Gasteiger partial charge in [0.1, 0.15) is 0 Å². The largest absolute Gasteiger partial charge is 0.278 e. The molecule has 0 unspecified atom stereocenters. The minimum Gasteiger partial charge on any atom is -0.278 e. The summed E-state index contributed by atoms with van der Waals surface area (Å²) >= 11 is 11.9. The van der Waals surface area contributed by atoms with Crippen LogP contribution in [0.5, 0.6) is 0 Å². The zero-order valence-electron chi connectivity index (χ0n) is 12.5. The number of hydrogen-bond acceptors (Lipinski definition) is 2. The maximum atomic E-state index is 12.4. The van der Waals surface area contributed by atoms with Crippen LogP contribution in [0.1, 0.15) is 26.3 Å². The Morgan fingerprint density at radius 3 is 2.09 bits per heavy atom. The summed E-state index contributed by atoms with van der Waals surface area (Å²) in [6.07, 6.45) is 0. The van der Waals surface area contributed by atoms with Gasteiger partial charge in [0.2, 0.25) is 0 Å². The predicted molar refractivity (Wildman–Crippen MR) is 92.4 cm³/mol. The lowest BCUT2D eigenvalue weighted by molar-refractivity contribution is 0.587. The van der Waals surface area contributed by atoms with Crippen molar-refractivity contribution in [2.45, 2.75) is 31.1 Å². The monoisotopic (exact) mass is 357 g/mol. The molecule has 0 aromatic heterocycles. The summed E-state index contributed by atoms with van der Waals surface area (Å²) in [6, 6.07) is 11.6. The molecule has 0 radical (unpaired) electrons. The van der Waals surface area contributed by atoms with Crippen LogP contribution in [0.2, 0.25) is 10.0 Å². The maximum absolute atomic E-state index is 12.4. The van der Waals surface area contributed by atoms with Gasteiger partial charge in [-0.3, -0.25) is 4.72 Å². The molecule has 118 valence electrons. The number of nitrogens with one attached hydrogen (secondary N) is 1. The third-order valence-corrected chi connectivity index (χ3v) is 5.43. The SMILES string of the molecule is CC(C)(C)c1ccc(S(=O)(=O)Nc2cccc(Cl)c2Cl)cc1. The van der Waals surface area contributed by atoms with Crippen molar-refractivity contribution >= 4 is 38.9 Å². The first kappa shape index (κ1) is 17.1. The van der Waals surface area contributed by atoms with Crippen LogP contribution < -0.4 is 4.72 Å². The van der Waals surface area contributed by atoms with Gasteiger partial charge in [0.05, 0.1) is 20.6 Å². The molecule has 0 saturated heterocycles. The Balaban J connectivity index is 2.33. The van der Waals surface area contributed by atoms with E-state index in [4.69, 9.17) is 23.2 Å². The molecule has 0 heterocycles. The Hall–Kier alpha value is -1.23. The Kier molecular flexibility index (Phi) is 4.76. The average Bonchev–Trinajstić information content (AvgIpc) is 2.43. The molecule has 0 saturated carbocycles. The van der Waals surface area contributed by atoms with Gasteiger partial charge in [-0.25, -0.2) is 8.42 Å². The molecule has 0 atom stereocenters. The third kappa shape index (κ3) is 3.75. The molecule has 22 heavy (non-hydrogen) atoms. The van der Waals surface area contributed by atoms with E-state index >= 15 is 0 Å². The van der Waals surface area contributed by atoms with E-state index in [-0.39, 0.29) is 21.0 Å². The second-order valence-corrected chi connectivity index (χ2v) is 8.45. The van der Waals surface area contributed by atoms with Crippen LogP contribution in [0.3, 0.4) is 0 Å². The van der Waals surface area contributed by atoms with E-state index in [9.17, 15) is 8.42 Å². The maximum Gasteiger partial charge on any atom is 0.261 e. The summed E-state index contributed by atoms with van der Waals surface area (Å²) in [5, 5.41) is 0.476. The zero-order chi connectivity index (χ0) is 16.5. The predicted octanol–water partition coefficient (Wildman–Crippen LogP) is 5.09. The Morgan fingerprint density at radius 2 is 1.55 bits per heavy atom. The van der Waals surface area contributed by atoms with Crippen molar-refractivity contribution < 1.29 is 8.42 Å². The van der Waals surface area contributed by atoms with Gasteiger partial charge in [0, 0.05) is 0 Å². The number of sulfonamides is 1. The average molecular weight is 358 g/mol. The fraction of sp³-hybridized carbons (Fsp3) is 0.250. The van der Waals surface area contributed by atoms with E-state index in [2.05, 4.69) is 25.5 Å². The van der Waals surface area contributed by atoms with Gasteiger partial charge < -0.3 is 0 Å². The second-order valence-electron chi connectivity index (χ2n) is 5.98. The smallest absolute Gasteiger partial charge is 0.261 e. The Labute approximate surface area is 141 Å². The van der Waals surface area contributed by atoms with Crippen molar-refractivity contribution in [3.05, 3.63) is 58.1 Å².